The molecule has 5 heteroatoms. The van der Waals surface area contributed by atoms with E-state index < -0.39 is 5.91 Å². The van der Waals surface area contributed by atoms with Gasteiger partial charge in [0.2, 0.25) is 5.91 Å². The Morgan fingerprint density at radius 1 is 1.47 bits per heavy atom. The van der Waals surface area contributed by atoms with Gasteiger partial charge in [0.05, 0.1) is 5.52 Å². The van der Waals surface area contributed by atoms with Crippen LogP contribution in [0.4, 0.5) is 0 Å². The van der Waals surface area contributed by atoms with Gasteiger partial charge in [0.1, 0.15) is 0 Å². The van der Waals surface area contributed by atoms with Gasteiger partial charge < -0.3 is 5.73 Å². The van der Waals surface area contributed by atoms with E-state index in [0.717, 1.165) is 10.9 Å². The monoisotopic (exact) mass is 219 g/mol. The van der Waals surface area contributed by atoms with Gasteiger partial charge in [0, 0.05) is 17.1 Å². The minimum atomic E-state index is -0.443. The molecule has 0 radical (unpaired) electrons. The van der Waals surface area contributed by atoms with Crippen molar-refractivity contribution in [1.82, 2.24) is 9.97 Å². The van der Waals surface area contributed by atoms with Crippen LogP contribution in [0.3, 0.4) is 0 Å². The Bertz CT molecular complexity index is 527. The maximum Gasteiger partial charge on any atom is 0.248 e. The van der Waals surface area contributed by atoms with E-state index in [1.165, 1.54) is 11.8 Å². The second kappa shape index (κ2) is 3.86. The normalized spacial score (nSPS) is 10.5. The Labute approximate surface area is 90.9 Å². The Morgan fingerprint density at radius 3 is 2.93 bits per heavy atom. The molecule has 15 heavy (non-hydrogen) atoms. The number of aromatic nitrogens is 2. The Balaban J connectivity index is 2.62. The van der Waals surface area contributed by atoms with Crippen LogP contribution in [0.2, 0.25) is 0 Å². The van der Waals surface area contributed by atoms with Crippen molar-refractivity contribution in [2.45, 2.75) is 5.16 Å². The topological polar surface area (TPSA) is 68.9 Å². The number of thioether (sulfide) groups is 1. The number of benzene rings is 1. The second-order valence-electron chi connectivity index (χ2n) is 2.99. The molecule has 0 aliphatic heterocycles. The molecule has 0 saturated heterocycles. The molecule has 2 N–H and O–H groups in total. The minimum Gasteiger partial charge on any atom is -0.366 e. The largest absolute Gasteiger partial charge is 0.366 e. The molecule has 0 atom stereocenters. The summed E-state index contributed by atoms with van der Waals surface area (Å²) in [5.74, 6) is -0.443. The molecule has 2 rings (SSSR count). The average Bonchev–Trinajstić information content (AvgIpc) is 2.27. The minimum absolute atomic E-state index is 0.443. The van der Waals surface area contributed by atoms with Gasteiger partial charge in [-0.1, -0.05) is 17.8 Å². The summed E-state index contributed by atoms with van der Waals surface area (Å²) >= 11 is 1.46. The van der Waals surface area contributed by atoms with E-state index >= 15 is 0 Å². The van der Waals surface area contributed by atoms with Crippen molar-refractivity contribution in [1.29, 1.82) is 0 Å². The number of carbonyl (C=O) groups excluding carboxylic acids is 1. The first-order valence-corrected chi connectivity index (χ1v) is 5.54. The summed E-state index contributed by atoms with van der Waals surface area (Å²) in [6.45, 7) is 0. The number of nitrogens with two attached hydrogens (primary N) is 1. The number of rotatable bonds is 2. The fraction of sp³-hybridized carbons (Fsp3) is 0.100. The molecule has 2 aromatic rings. The van der Waals surface area contributed by atoms with Crippen molar-refractivity contribution in [2.24, 2.45) is 5.73 Å². The highest BCUT2D eigenvalue weighted by molar-refractivity contribution is 7.98. The lowest BCUT2D eigenvalue weighted by atomic mass is 10.1. The van der Waals surface area contributed by atoms with Crippen molar-refractivity contribution < 1.29 is 4.79 Å². The molecule has 0 spiro atoms. The van der Waals surface area contributed by atoms with Gasteiger partial charge in [0.15, 0.2) is 5.16 Å². The lowest BCUT2D eigenvalue weighted by Gasteiger charge is -2.00. The zero-order chi connectivity index (χ0) is 10.8. The Morgan fingerprint density at radius 2 is 2.27 bits per heavy atom. The van der Waals surface area contributed by atoms with Crippen LogP contribution < -0.4 is 5.73 Å². The number of hydrogen-bond acceptors (Lipinski definition) is 4. The smallest absolute Gasteiger partial charge is 0.248 e. The van der Waals surface area contributed by atoms with Crippen LogP contribution in [0.15, 0.2) is 29.6 Å². The van der Waals surface area contributed by atoms with E-state index in [1.54, 1.807) is 24.4 Å². The van der Waals surface area contributed by atoms with Gasteiger partial charge in [-0.15, -0.1) is 0 Å². The van der Waals surface area contributed by atoms with E-state index in [-0.39, 0.29) is 0 Å². The average molecular weight is 219 g/mol. The van der Waals surface area contributed by atoms with Gasteiger partial charge in [-0.2, -0.15) is 0 Å². The summed E-state index contributed by atoms with van der Waals surface area (Å²) in [6, 6.07) is 5.14. The first kappa shape index (κ1) is 9.92. The van der Waals surface area contributed by atoms with Crippen LogP contribution in [0, 0.1) is 0 Å². The van der Waals surface area contributed by atoms with Crippen molar-refractivity contribution in [2.75, 3.05) is 6.26 Å². The molecule has 1 amide bonds. The first-order valence-electron chi connectivity index (χ1n) is 4.31. The van der Waals surface area contributed by atoms with Gasteiger partial charge >= 0.3 is 0 Å². The Kier molecular flexibility index (Phi) is 2.55. The van der Waals surface area contributed by atoms with Gasteiger partial charge in [-0.05, 0) is 18.4 Å². The number of carbonyl (C=O) groups is 1. The molecule has 0 bridgehead atoms. The molecular formula is C10H9N3OS. The first-order chi connectivity index (χ1) is 7.20. The molecule has 0 aliphatic rings. The highest BCUT2D eigenvalue weighted by Gasteiger charge is 2.03. The van der Waals surface area contributed by atoms with E-state index in [9.17, 15) is 4.79 Å². The fourth-order valence-electron chi connectivity index (χ4n) is 1.26. The number of fused-ring (bicyclic) bond motifs is 1. The molecule has 1 aromatic carbocycles. The van der Waals surface area contributed by atoms with Crippen LogP contribution >= 0.6 is 11.8 Å². The second-order valence-corrected chi connectivity index (χ2v) is 3.77. The molecule has 0 fully saturated rings. The van der Waals surface area contributed by atoms with Gasteiger partial charge in [0.25, 0.3) is 0 Å². The van der Waals surface area contributed by atoms with Gasteiger partial charge in [-0.25, -0.2) is 9.97 Å². The maximum atomic E-state index is 11.0. The van der Waals surface area contributed by atoms with Crippen molar-refractivity contribution in [3.8, 4) is 0 Å². The van der Waals surface area contributed by atoms with Crippen molar-refractivity contribution in [3.05, 3.63) is 30.0 Å². The highest BCUT2D eigenvalue weighted by atomic mass is 32.2. The van der Waals surface area contributed by atoms with Crippen LogP contribution in [-0.4, -0.2) is 22.1 Å². The van der Waals surface area contributed by atoms with E-state index in [4.69, 9.17) is 5.73 Å². The predicted molar refractivity (Wildman–Crippen MR) is 59.8 cm³/mol. The third-order valence-electron chi connectivity index (χ3n) is 2.03. The van der Waals surface area contributed by atoms with E-state index in [1.807, 2.05) is 6.26 Å². The third-order valence-corrected chi connectivity index (χ3v) is 2.59. The lowest BCUT2D eigenvalue weighted by molar-refractivity contribution is 0.100. The summed E-state index contributed by atoms with van der Waals surface area (Å²) in [5.41, 5.74) is 6.40. The number of nitrogens with zero attached hydrogens (tertiary/aromatic N) is 2. The summed E-state index contributed by atoms with van der Waals surface area (Å²) in [5, 5.41) is 1.59. The molecule has 1 aromatic heterocycles. The third kappa shape index (κ3) is 1.92. The SMILES string of the molecule is CSc1ncc2ccc(C(N)=O)cc2n1. The fourth-order valence-corrected chi connectivity index (χ4v) is 1.61. The van der Waals surface area contributed by atoms with Crippen molar-refractivity contribution >= 4 is 28.6 Å². The lowest BCUT2D eigenvalue weighted by Crippen LogP contribution is -2.10. The van der Waals surface area contributed by atoms with Gasteiger partial charge in [-0.3, -0.25) is 4.79 Å². The van der Waals surface area contributed by atoms with E-state index in [2.05, 4.69) is 9.97 Å². The summed E-state index contributed by atoms with van der Waals surface area (Å²) in [7, 11) is 0. The summed E-state index contributed by atoms with van der Waals surface area (Å²) in [6.07, 6.45) is 3.64. The molecular weight excluding hydrogens is 210 g/mol. The molecule has 76 valence electrons. The highest BCUT2D eigenvalue weighted by Crippen LogP contribution is 2.16. The number of amides is 1. The summed E-state index contributed by atoms with van der Waals surface area (Å²) in [4.78, 5) is 19.4. The molecule has 0 unspecified atom stereocenters. The Hall–Kier alpha value is -1.62. The number of hydrogen-bond donors (Lipinski definition) is 1. The van der Waals surface area contributed by atoms with Crippen LogP contribution in [0.25, 0.3) is 10.9 Å². The zero-order valence-electron chi connectivity index (χ0n) is 8.10. The van der Waals surface area contributed by atoms with Crippen LogP contribution in [0.1, 0.15) is 10.4 Å². The van der Waals surface area contributed by atoms with Crippen molar-refractivity contribution in [3.63, 3.8) is 0 Å². The maximum absolute atomic E-state index is 11.0. The van der Waals surface area contributed by atoms with Crippen LogP contribution in [-0.2, 0) is 0 Å². The molecule has 1 heterocycles. The molecule has 0 aliphatic carbocycles. The predicted octanol–water partition coefficient (Wildman–Crippen LogP) is 1.45. The molecule has 0 saturated carbocycles. The molecule has 4 nitrogen and oxygen atoms in total. The standard InChI is InChI=1S/C10H9N3OS/c1-15-10-12-5-7-3-2-6(9(11)14)4-8(7)13-10/h2-5H,1H3,(H2,11,14). The quantitative estimate of drug-likeness (QED) is 0.613. The summed E-state index contributed by atoms with van der Waals surface area (Å²) < 4.78 is 0. The number of primary amides is 1. The van der Waals surface area contributed by atoms with Crippen LogP contribution in [0.5, 0.6) is 0 Å². The zero-order valence-corrected chi connectivity index (χ0v) is 8.91. The van der Waals surface area contributed by atoms with E-state index in [0.29, 0.717) is 10.7 Å².